The van der Waals surface area contributed by atoms with Gasteiger partial charge >= 0.3 is 5.97 Å². The minimum atomic E-state index is -1.13. The van der Waals surface area contributed by atoms with E-state index in [4.69, 9.17) is 9.47 Å². The Morgan fingerprint density at radius 2 is 1.40 bits per heavy atom. The molecule has 0 heterocycles. The molecule has 0 bridgehead atoms. The van der Waals surface area contributed by atoms with Crippen LogP contribution in [0.25, 0.3) is 0 Å². The molecule has 9 nitrogen and oxygen atoms in total. The summed E-state index contributed by atoms with van der Waals surface area (Å²) in [6.07, 6.45) is 6.17. The van der Waals surface area contributed by atoms with Gasteiger partial charge in [-0.15, -0.1) is 0 Å². The van der Waals surface area contributed by atoms with Crippen LogP contribution in [-0.4, -0.2) is 42.1 Å². The summed E-state index contributed by atoms with van der Waals surface area (Å²) in [4.78, 5) is 37.1. The largest absolute Gasteiger partial charge is 0.494 e. The number of carboxylic acids is 1. The number of carboxylic acid groups (broad SMARTS) is 1. The Morgan fingerprint density at radius 1 is 0.729 bits per heavy atom. The van der Waals surface area contributed by atoms with E-state index in [2.05, 4.69) is 22.9 Å². The Labute approximate surface area is 282 Å². The van der Waals surface area contributed by atoms with Gasteiger partial charge in [-0.1, -0.05) is 87.2 Å². The van der Waals surface area contributed by atoms with Gasteiger partial charge in [0.2, 0.25) is 5.91 Å². The second-order valence-corrected chi connectivity index (χ2v) is 11.6. The first-order valence-corrected chi connectivity index (χ1v) is 16.5. The SMILES string of the molecule is CCCCCCCOc1ccc(CNc2ccc(C[C@H](NC(=O)c3ccc(NC(=O)COCc4ccccc4)cc3)C(=O)O)cc2)cc1. The Bertz CT molecular complexity index is 1560. The van der Waals surface area contributed by atoms with Crippen molar-refractivity contribution in [2.75, 3.05) is 23.8 Å². The summed E-state index contributed by atoms with van der Waals surface area (Å²) in [5, 5.41) is 18.5. The van der Waals surface area contributed by atoms with E-state index in [1.165, 1.54) is 37.8 Å². The fourth-order valence-electron chi connectivity index (χ4n) is 4.98. The van der Waals surface area contributed by atoms with Gasteiger partial charge in [-0.2, -0.15) is 0 Å². The molecule has 1 atom stereocenters. The number of amides is 2. The van der Waals surface area contributed by atoms with Crippen LogP contribution in [0.15, 0.2) is 103 Å². The molecule has 4 aromatic rings. The van der Waals surface area contributed by atoms with Crippen molar-refractivity contribution in [2.24, 2.45) is 0 Å². The summed E-state index contributed by atoms with van der Waals surface area (Å²) >= 11 is 0. The molecule has 0 aliphatic rings. The zero-order chi connectivity index (χ0) is 34.0. The predicted molar refractivity (Wildman–Crippen MR) is 188 cm³/mol. The standard InChI is InChI=1S/C39H45N3O6/c1-2-3-4-5-9-24-48-35-22-14-30(15-23-35)26-40-33-18-12-29(13-19-33)25-36(39(45)46)42-38(44)32-16-20-34(21-17-32)41-37(43)28-47-27-31-10-7-6-8-11-31/h6-8,10-23,36,40H,2-5,9,24-28H2,1H3,(H,41,43)(H,42,44)(H,45,46)/t36-/m0/s1. The maximum Gasteiger partial charge on any atom is 0.326 e. The van der Waals surface area contributed by atoms with E-state index in [0.717, 1.165) is 41.2 Å². The van der Waals surface area contributed by atoms with Crippen LogP contribution in [0, 0.1) is 0 Å². The van der Waals surface area contributed by atoms with E-state index in [-0.39, 0.29) is 24.5 Å². The van der Waals surface area contributed by atoms with Crippen molar-refractivity contribution in [1.82, 2.24) is 5.32 Å². The molecule has 2 amide bonds. The number of anilines is 2. The summed E-state index contributed by atoms with van der Waals surface area (Å²) in [7, 11) is 0. The first kappa shape index (κ1) is 35.7. The first-order valence-electron chi connectivity index (χ1n) is 16.5. The third-order valence-electron chi connectivity index (χ3n) is 7.71. The van der Waals surface area contributed by atoms with Crippen molar-refractivity contribution in [3.05, 3.63) is 125 Å². The highest BCUT2D eigenvalue weighted by molar-refractivity contribution is 5.97. The highest BCUT2D eigenvalue weighted by atomic mass is 16.5. The molecule has 0 aliphatic heterocycles. The van der Waals surface area contributed by atoms with Crippen molar-refractivity contribution < 1.29 is 29.0 Å². The van der Waals surface area contributed by atoms with Crippen LogP contribution in [0.1, 0.15) is 66.1 Å². The lowest BCUT2D eigenvalue weighted by Crippen LogP contribution is -2.42. The van der Waals surface area contributed by atoms with Crippen LogP contribution >= 0.6 is 0 Å². The van der Waals surface area contributed by atoms with Crippen molar-refractivity contribution in [3.63, 3.8) is 0 Å². The molecule has 0 saturated carbocycles. The lowest BCUT2D eigenvalue weighted by molar-refractivity contribution is -0.139. The molecular weight excluding hydrogens is 606 g/mol. The zero-order valence-electron chi connectivity index (χ0n) is 27.5. The van der Waals surface area contributed by atoms with Crippen molar-refractivity contribution in [1.29, 1.82) is 0 Å². The Morgan fingerprint density at radius 3 is 2.08 bits per heavy atom. The normalized spacial score (nSPS) is 11.4. The molecule has 0 spiro atoms. The summed E-state index contributed by atoms with van der Waals surface area (Å²) in [5.41, 5.74) is 4.54. The molecular formula is C39H45N3O6. The number of nitrogens with one attached hydrogen (secondary N) is 3. The first-order chi connectivity index (χ1) is 23.4. The average molecular weight is 652 g/mol. The number of rotatable bonds is 20. The van der Waals surface area contributed by atoms with E-state index in [1.807, 2.05) is 78.9 Å². The van der Waals surface area contributed by atoms with Crippen LogP contribution in [-0.2, 0) is 33.9 Å². The van der Waals surface area contributed by atoms with Crippen molar-refractivity contribution in [2.45, 2.75) is 64.6 Å². The lowest BCUT2D eigenvalue weighted by Gasteiger charge is -2.15. The fraction of sp³-hybridized carbons (Fsp3) is 0.308. The zero-order valence-corrected chi connectivity index (χ0v) is 27.5. The Balaban J connectivity index is 1.19. The minimum Gasteiger partial charge on any atom is -0.494 e. The third-order valence-corrected chi connectivity index (χ3v) is 7.71. The van der Waals surface area contributed by atoms with Gasteiger partial charge in [-0.05, 0) is 71.6 Å². The van der Waals surface area contributed by atoms with E-state index in [9.17, 15) is 19.5 Å². The number of ether oxygens (including phenoxy) is 2. The molecule has 9 heteroatoms. The predicted octanol–water partition coefficient (Wildman–Crippen LogP) is 7.23. The smallest absolute Gasteiger partial charge is 0.326 e. The number of hydrogen-bond acceptors (Lipinski definition) is 6. The Hall–Kier alpha value is -5.15. The van der Waals surface area contributed by atoms with Gasteiger partial charge < -0.3 is 30.5 Å². The number of benzene rings is 4. The van der Waals surface area contributed by atoms with Gasteiger partial charge in [0.15, 0.2) is 0 Å². The number of aliphatic carboxylic acids is 1. The van der Waals surface area contributed by atoms with Gasteiger partial charge in [-0.3, -0.25) is 9.59 Å². The molecule has 0 unspecified atom stereocenters. The minimum absolute atomic E-state index is 0.114. The van der Waals surface area contributed by atoms with Crippen LogP contribution in [0.2, 0.25) is 0 Å². The van der Waals surface area contributed by atoms with E-state index in [1.54, 1.807) is 12.1 Å². The third kappa shape index (κ3) is 12.6. The van der Waals surface area contributed by atoms with Crippen LogP contribution in [0.4, 0.5) is 11.4 Å². The maximum absolute atomic E-state index is 12.9. The molecule has 0 aliphatic carbocycles. The molecule has 4 aromatic carbocycles. The van der Waals surface area contributed by atoms with Gasteiger partial charge in [0.25, 0.3) is 5.91 Å². The average Bonchev–Trinajstić information content (AvgIpc) is 3.10. The second-order valence-electron chi connectivity index (χ2n) is 11.6. The second kappa shape index (κ2) is 19.5. The number of carbonyl (C=O) groups is 3. The highest BCUT2D eigenvalue weighted by Gasteiger charge is 2.21. The summed E-state index contributed by atoms with van der Waals surface area (Å²) in [5.74, 6) is -1.10. The van der Waals surface area contributed by atoms with E-state index >= 15 is 0 Å². The molecule has 0 radical (unpaired) electrons. The maximum atomic E-state index is 12.9. The van der Waals surface area contributed by atoms with Gasteiger partial charge in [0, 0.05) is 29.9 Å². The van der Waals surface area contributed by atoms with Crippen molar-refractivity contribution >= 4 is 29.2 Å². The summed E-state index contributed by atoms with van der Waals surface area (Å²) < 4.78 is 11.3. The van der Waals surface area contributed by atoms with Crippen molar-refractivity contribution in [3.8, 4) is 5.75 Å². The molecule has 0 aromatic heterocycles. The van der Waals surface area contributed by atoms with Crippen LogP contribution in [0.3, 0.4) is 0 Å². The molecule has 48 heavy (non-hydrogen) atoms. The molecule has 0 saturated heterocycles. The molecule has 252 valence electrons. The molecule has 4 rings (SSSR count). The van der Waals surface area contributed by atoms with Gasteiger partial charge in [0.1, 0.15) is 18.4 Å². The topological polar surface area (TPSA) is 126 Å². The van der Waals surface area contributed by atoms with Crippen LogP contribution in [0.5, 0.6) is 5.75 Å². The monoisotopic (exact) mass is 651 g/mol. The highest BCUT2D eigenvalue weighted by Crippen LogP contribution is 2.17. The van der Waals surface area contributed by atoms with Crippen LogP contribution < -0.4 is 20.7 Å². The number of carbonyl (C=O) groups excluding carboxylic acids is 2. The quantitative estimate of drug-likeness (QED) is 0.0743. The number of unbranched alkanes of at least 4 members (excludes halogenated alkanes) is 4. The number of hydrogen-bond donors (Lipinski definition) is 4. The summed E-state index contributed by atoms with van der Waals surface area (Å²) in [6, 6.07) is 30.2. The fourth-order valence-corrected chi connectivity index (χ4v) is 4.98. The molecule has 0 fully saturated rings. The molecule has 4 N–H and O–H groups in total. The van der Waals surface area contributed by atoms with E-state index < -0.39 is 17.9 Å². The van der Waals surface area contributed by atoms with Gasteiger partial charge in [-0.25, -0.2) is 4.79 Å². The summed E-state index contributed by atoms with van der Waals surface area (Å²) in [6.45, 7) is 3.79. The van der Waals surface area contributed by atoms with E-state index in [0.29, 0.717) is 18.8 Å². The lowest BCUT2D eigenvalue weighted by atomic mass is 10.0. The Kier molecular flexibility index (Phi) is 14.5. The van der Waals surface area contributed by atoms with Gasteiger partial charge in [0.05, 0.1) is 13.2 Å².